The first-order valence-corrected chi connectivity index (χ1v) is 10.2. The lowest BCUT2D eigenvalue weighted by atomic mass is 9.77. The van der Waals surface area contributed by atoms with Crippen molar-refractivity contribution < 1.29 is 19.0 Å². The van der Waals surface area contributed by atoms with Gasteiger partial charge in [-0.25, -0.2) is 4.39 Å². The normalized spacial score (nSPS) is 23.6. The van der Waals surface area contributed by atoms with E-state index in [0.717, 1.165) is 22.3 Å². The van der Waals surface area contributed by atoms with Crippen LogP contribution in [0.3, 0.4) is 0 Å². The van der Waals surface area contributed by atoms with Crippen molar-refractivity contribution in [3.63, 3.8) is 0 Å². The van der Waals surface area contributed by atoms with Crippen molar-refractivity contribution >= 4 is 17.1 Å². The molecule has 3 nitrogen and oxygen atoms in total. The molecule has 154 valence electrons. The largest absolute Gasteiger partial charge is 0.458 e. The van der Waals surface area contributed by atoms with Gasteiger partial charge < -0.3 is 9.84 Å². The van der Waals surface area contributed by atoms with Gasteiger partial charge in [-0.3, -0.25) is 4.79 Å². The van der Waals surface area contributed by atoms with Gasteiger partial charge in [0.25, 0.3) is 0 Å². The quantitative estimate of drug-likeness (QED) is 0.701. The average molecular weight is 404 g/mol. The molecule has 1 heterocycles. The van der Waals surface area contributed by atoms with Crippen molar-refractivity contribution in [1.82, 2.24) is 0 Å². The van der Waals surface area contributed by atoms with Crippen LogP contribution in [0, 0.1) is 11.2 Å². The van der Waals surface area contributed by atoms with Crippen molar-refractivity contribution in [2.75, 3.05) is 0 Å². The molecule has 1 aliphatic heterocycles. The van der Waals surface area contributed by atoms with Crippen LogP contribution < -0.4 is 0 Å². The Hall–Kier alpha value is -2.98. The summed E-state index contributed by atoms with van der Waals surface area (Å²) in [6.07, 6.45) is 5.29. The fourth-order valence-electron chi connectivity index (χ4n) is 4.24. The number of cyclic esters (lactones) is 1. The number of rotatable bonds is 4. The maximum absolute atomic E-state index is 13.5. The average Bonchev–Trinajstić information content (AvgIpc) is 2.97. The molecule has 0 aromatic heterocycles. The van der Waals surface area contributed by atoms with Gasteiger partial charge in [0.15, 0.2) is 0 Å². The summed E-state index contributed by atoms with van der Waals surface area (Å²) >= 11 is 0. The van der Waals surface area contributed by atoms with E-state index in [1.54, 1.807) is 12.1 Å². The summed E-state index contributed by atoms with van der Waals surface area (Å²) in [5.41, 5.74) is 4.99. The van der Waals surface area contributed by atoms with Gasteiger partial charge in [0.1, 0.15) is 11.9 Å². The highest BCUT2D eigenvalue weighted by atomic mass is 19.1. The van der Waals surface area contributed by atoms with Gasteiger partial charge in [0.2, 0.25) is 0 Å². The molecule has 2 aromatic rings. The minimum absolute atomic E-state index is 0.0407. The third-order valence-electron chi connectivity index (χ3n) is 5.83. The van der Waals surface area contributed by atoms with Crippen LogP contribution in [-0.4, -0.2) is 23.3 Å². The minimum Gasteiger partial charge on any atom is -0.458 e. The SMILES string of the molecule is CC1(C)C(c2ccccc2)=CC(c2ccc(F)cc2)=C1C=C[C@@H]1C[C@@H](O)CC(=O)O1. The molecular weight excluding hydrogens is 379 g/mol. The molecule has 30 heavy (non-hydrogen) atoms. The Morgan fingerprint density at radius 2 is 1.77 bits per heavy atom. The predicted molar refractivity (Wildman–Crippen MR) is 116 cm³/mol. The molecule has 2 atom stereocenters. The zero-order valence-corrected chi connectivity index (χ0v) is 17.1. The highest BCUT2D eigenvalue weighted by Gasteiger charge is 2.35. The number of carbonyl (C=O) groups excluding carboxylic acids is 1. The molecule has 0 amide bonds. The van der Waals surface area contributed by atoms with Crippen molar-refractivity contribution in [1.29, 1.82) is 0 Å². The third kappa shape index (κ3) is 4.01. The molecule has 0 bridgehead atoms. The molecule has 0 radical (unpaired) electrons. The summed E-state index contributed by atoms with van der Waals surface area (Å²) in [6.45, 7) is 4.31. The zero-order chi connectivity index (χ0) is 21.3. The topological polar surface area (TPSA) is 46.5 Å². The molecule has 1 N–H and O–H groups in total. The molecule has 1 aliphatic carbocycles. The second kappa shape index (κ2) is 8.04. The van der Waals surface area contributed by atoms with E-state index in [1.165, 1.54) is 17.7 Å². The Morgan fingerprint density at radius 3 is 2.43 bits per heavy atom. The van der Waals surface area contributed by atoms with Crippen LogP contribution in [0.1, 0.15) is 37.8 Å². The van der Waals surface area contributed by atoms with E-state index in [1.807, 2.05) is 30.4 Å². The van der Waals surface area contributed by atoms with E-state index in [-0.39, 0.29) is 23.6 Å². The third-order valence-corrected chi connectivity index (χ3v) is 5.83. The Kier molecular flexibility index (Phi) is 5.44. The van der Waals surface area contributed by atoms with Crippen molar-refractivity contribution in [3.8, 4) is 0 Å². The van der Waals surface area contributed by atoms with Crippen LogP contribution >= 0.6 is 0 Å². The summed E-state index contributed by atoms with van der Waals surface area (Å²) in [7, 11) is 0. The molecule has 2 aromatic carbocycles. The van der Waals surface area contributed by atoms with E-state index in [9.17, 15) is 14.3 Å². The number of allylic oxidation sites excluding steroid dienone is 5. The summed E-state index contributed by atoms with van der Waals surface area (Å²) in [6, 6.07) is 16.7. The van der Waals surface area contributed by atoms with Gasteiger partial charge in [-0.2, -0.15) is 0 Å². The number of carbonyl (C=O) groups is 1. The van der Waals surface area contributed by atoms with Gasteiger partial charge in [-0.05, 0) is 52.1 Å². The number of halogens is 1. The number of aliphatic hydroxyl groups is 1. The van der Waals surface area contributed by atoms with E-state index in [0.29, 0.717) is 6.42 Å². The van der Waals surface area contributed by atoms with Crippen molar-refractivity contribution in [3.05, 3.63) is 95.3 Å². The first kappa shape index (κ1) is 20.3. The monoisotopic (exact) mass is 404 g/mol. The van der Waals surface area contributed by atoms with Crippen molar-refractivity contribution in [2.24, 2.45) is 5.41 Å². The zero-order valence-electron chi connectivity index (χ0n) is 17.1. The molecule has 0 unspecified atom stereocenters. The van der Waals surface area contributed by atoms with Gasteiger partial charge >= 0.3 is 5.97 Å². The standard InChI is InChI=1S/C26H25FO3/c1-26(2)23(13-12-21-14-20(28)15-25(29)30-21)22(17-8-10-19(27)11-9-17)16-24(26)18-6-4-3-5-7-18/h3-13,16,20-21,28H,14-15H2,1-2H3/t20-,21-/m1/s1. The number of hydrogen-bond acceptors (Lipinski definition) is 3. The smallest absolute Gasteiger partial charge is 0.309 e. The summed E-state index contributed by atoms with van der Waals surface area (Å²) < 4.78 is 18.9. The Bertz CT molecular complexity index is 1030. The van der Waals surface area contributed by atoms with Crippen LogP contribution in [0.5, 0.6) is 0 Å². The molecule has 0 spiro atoms. The van der Waals surface area contributed by atoms with Gasteiger partial charge in [0, 0.05) is 11.8 Å². The second-order valence-corrected chi connectivity index (χ2v) is 8.36. The Balaban J connectivity index is 1.76. The van der Waals surface area contributed by atoms with E-state index >= 15 is 0 Å². The highest BCUT2D eigenvalue weighted by Crippen LogP contribution is 2.51. The summed E-state index contributed by atoms with van der Waals surface area (Å²) in [5.74, 6) is -0.658. The van der Waals surface area contributed by atoms with Crippen LogP contribution in [0.15, 0.2) is 78.4 Å². The van der Waals surface area contributed by atoms with E-state index in [4.69, 9.17) is 4.74 Å². The van der Waals surface area contributed by atoms with Crippen LogP contribution in [-0.2, 0) is 9.53 Å². The summed E-state index contributed by atoms with van der Waals surface area (Å²) in [4.78, 5) is 11.7. The maximum atomic E-state index is 13.5. The maximum Gasteiger partial charge on any atom is 0.309 e. The number of benzene rings is 2. The van der Waals surface area contributed by atoms with Crippen LogP contribution in [0.25, 0.3) is 11.1 Å². The fraction of sp³-hybridized carbons (Fsp3) is 0.269. The second-order valence-electron chi connectivity index (χ2n) is 8.36. The Morgan fingerprint density at radius 1 is 1.07 bits per heavy atom. The molecule has 1 saturated heterocycles. The molecular formula is C26H25FO3. The number of esters is 1. The van der Waals surface area contributed by atoms with Crippen LogP contribution in [0.4, 0.5) is 4.39 Å². The van der Waals surface area contributed by atoms with E-state index < -0.39 is 12.2 Å². The summed E-state index contributed by atoms with van der Waals surface area (Å²) in [5, 5.41) is 9.90. The first-order valence-electron chi connectivity index (χ1n) is 10.2. The van der Waals surface area contributed by atoms with Crippen molar-refractivity contribution in [2.45, 2.75) is 38.9 Å². The first-order chi connectivity index (χ1) is 14.3. The van der Waals surface area contributed by atoms with Gasteiger partial charge in [0.05, 0.1) is 12.5 Å². The predicted octanol–water partition coefficient (Wildman–Crippen LogP) is 5.33. The molecule has 0 saturated carbocycles. The van der Waals surface area contributed by atoms with Crippen LogP contribution in [0.2, 0.25) is 0 Å². The minimum atomic E-state index is -0.680. The lowest BCUT2D eigenvalue weighted by molar-refractivity contribution is -0.156. The lowest BCUT2D eigenvalue weighted by Crippen LogP contribution is -2.31. The number of hydrogen-bond donors (Lipinski definition) is 1. The molecule has 4 heteroatoms. The lowest BCUT2D eigenvalue weighted by Gasteiger charge is -2.28. The number of aliphatic hydroxyl groups excluding tert-OH is 1. The van der Waals surface area contributed by atoms with Gasteiger partial charge in [-0.15, -0.1) is 0 Å². The molecule has 1 fully saturated rings. The number of ether oxygens (including phenoxy) is 1. The molecule has 2 aliphatic rings. The fourth-order valence-corrected chi connectivity index (χ4v) is 4.24. The Labute approximate surface area is 176 Å². The highest BCUT2D eigenvalue weighted by molar-refractivity contribution is 5.96. The van der Waals surface area contributed by atoms with E-state index in [2.05, 4.69) is 32.1 Å². The van der Waals surface area contributed by atoms with Gasteiger partial charge in [-0.1, -0.05) is 62.4 Å². The molecule has 4 rings (SSSR count).